The first-order chi connectivity index (χ1) is 22.8. The van der Waals surface area contributed by atoms with E-state index in [9.17, 15) is 0 Å². The zero-order valence-electron chi connectivity index (χ0n) is 31.7. The van der Waals surface area contributed by atoms with E-state index in [0.29, 0.717) is 12.2 Å². The van der Waals surface area contributed by atoms with Crippen molar-refractivity contribution in [1.29, 1.82) is 0 Å². The number of aliphatic hydroxyl groups is 2. The minimum absolute atomic E-state index is 0.655. The lowest BCUT2D eigenvalue weighted by Crippen LogP contribution is -2.48. The van der Waals surface area contributed by atoms with Crippen LogP contribution in [0, 0.1) is 53.3 Å². The Balaban J connectivity index is 0.970. The van der Waals surface area contributed by atoms with Crippen molar-refractivity contribution in [2.24, 2.45) is 53.3 Å². The Morgan fingerprint density at radius 1 is 0.383 bits per heavy atom. The highest BCUT2D eigenvalue weighted by Gasteiger charge is 2.46. The Kier molecular flexibility index (Phi) is 13.5. The summed E-state index contributed by atoms with van der Waals surface area (Å²) >= 11 is 0. The van der Waals surface area contributed by atoms with Gasteiger partial charge in [-0.3, -0.25) is 0 Å². The first kappa shape index (κ1) is 36.2. The molecule has 5 saturated carbocycles. The first-order valence-corrected chi connectivity index (χ1v) is 21.2. The predicted octanol–water partition coefficient (Wildman–Crippen LogP) is 10.5. The van der Waals surface area contributed by atoms with E-state index in [-0.39, 0.29) is 0 Å². The molecule has 0 aromatic carbocycles. The molecule has 0 spiro atoms. The van der Waals surface area contributed by atoms with Gasteiger partial charge in [0.2, 0.25) is 0 Å². The van der Waals surface area contributed by atoms with E-state index in [0.717, 1.165) is 65.3 Å². The van der Waals surface area contributed by atoms with Gasteiger partial charge in [-0.15, -0.1) is 0 Å². The lowest BCUT2D eigenvalue weighted by atomic mass is 9.68. The monoisotopic (exact) mass is 650 g/mol. The molecule has 3 unspecified atom stereocenters. The number of rotatable bonds is 9. The third-order valence-corrected chi connectivity index (χ3v) is 15.2. The van der Waals surface area contributed by atoms with Crippen LogP contribution in [0.15, 0.2) is 24.3 Å². The molecule has 268 valence electrons. The first-order valence-electron chi connectivity index (χ1n) is 21.2. The highest BCUT2D eigenvalue weighted by atomic mass is 16.5. The molecule has 0 amide bonds. The van der Waals surface area contributed by atoms with Crippen molar-refractivity contribution in [2.75, 3.05) is 28.2 Å². The smallest absolute Gasteiger partial charge is 0.158 e. The molecule has 47 heavy (non-hydrogen) atoms. The minimum Gasteiger partial charge on any atom is -0.429 e. The van der Waals surface area contributed by atoms with Gasteiger partial charge in [0.05, 0.1) is 0 Å². The van der Waals surface area contributed by atoms with Crippen molar-refractivity contribution in [3.63, 3.8) is 0 Å². The number of ether oxygens (including phenoxy) is 1. The average Bonchev–Trinajstić information content (AvgIpc) is 3.11. The molecule has 3 atom stereocenters. The van der Waals surface area contributed by atoms with Gasteiger partial charge in [0, 0.05) is 36.8 Å². The fourth-order valence-corrected chi connectivity index (χ4v) is 11.5. The molecule has 1 aliphatic heterocycles. The van der Waals surface area contributed by atoms with Crippen LogP contribution < -0.4 is 0 Å². The van der Waals surface area contributed by atoms with Gasteiger partial charge in [-0.05, 0) is 185 Å². The largest absolute Gasteiger partial charge is 0.429 e. The van der Waals surface area contributed by atoms with Crippen LogP contribution in [0.5, 0.6) is 0 Å². The van der Waals surface area contributed by atoms with E-state index in [1.807, 2.05) is 0 Å². The third-order valence-electron chi connectivity index (χ3n) is 15.2. The van der Waals surface area contributed by atoms with Crippen molar-refractivity contribution in [2.45, 2.75) is 172 Å². The number of hydrogen-bond acceptors (Lipinski definition) is 2. The minimum atomic E-state index is 0.655. The molecule has 0 aromatic heterocycles. The molecular formula is C44H77N2O+. The Bertz CT molecular complexity index is 911. The van der Waals surface area contributed by atoms with Crippen LogP contribution in [0.3, 0.4) is 0 Å². The van der Waals surface area contributed by atoms with Gasteiger partial charge in [-0.25, -0.2) is 0 Å². The second-order valence-electron chi connectivity index (χ2n) is 18.7. The van der Waals surface area contributed by atoms with Crippen LogP contribution >= 0.6 is 0 Å². The second kappa shape index (κ2) is 17.5. The van der Waals surface area contributed by atoms with Gasteiger partial charge in [0.15, 0.2) is 12.2 Å². The van der Waals surface area contributed by atoms with Crippen LogP contribution in [-0.2, 0) is 0 Å². The van der Waals surface area contributed by atoms with Crippen LogP contribution in [0.25, 0.3) is 0 Å². The molecule has 6 fully saturated rings. The van der Waals surface area contributed by atoms with Crippen molar-refractivity contribution >= 4 is 0 Å². The van der Waals surface area contributed by atoms with E-state index in [4.69, 9.17) is 4.74 Å². The SMILES string of the molecule is CC1CCC(/C=C/C2CCC(/C=C/C3CCC(C4CC(C5CCC(N(C)C)CC5)CC(C5CCC(N(C)C)CC5)[OH+]4)CC3)CC2)CC1. The van der Waals surface area contributed by atoms with Crippen LogP contribution in [0.1, 0.15) is 148 Å². The Morgan fingerprint density at radius 2 is 0.702 bits per heavy atom. The van der Waals surface area contributed by atoms with Gasteiger partial charge in [0.25, 0.3) is 0 Å². The van der Waals surface area contributed by atoms with Crippen molar-refractivity contribution < 1.29 is 4.74 Å². The molecule has 0 bridgehead atoms. The van der Waals surface area contributed by atoms with Crippen molar-refractivity contribution in [1.82, 2.24) is 9.80 Å². The summed E-state index contributed by atoms with van der Waals surface area (Å²) < 4.78 is 5.84. The van der Waals surface area contributed by atoms with E-state index in [2.05, 4.69) is 69.2 Å². The summed E-state index contributed by atoms with van der Waals surface area (Å²) in [4.78, 5) is 4.98. The highest BCUT2D eigenvalue weighted by Crippen LogP contribution is 2.46. The van der Waals surface area contributed by atoms with Gasteiger partial charge >= 0.3 is 0 Å². The standard InChI is InChI=1S/C44H76N2O/c1-32-6-8-33(9-7-32)10-11-34-12-14-35(15-13-34)16-17-36-18-20-38(21-19-36)43-30-40(37-22-26-41(27-23-37)45(2)3)31-44(47-43)39-24-28-42(29-25-39)46(4)5/h10-11,16-17,32-44H,6-9,12-15,18-31H2,1-5H3/p+1/b11-10+,17-16+. The zero-order valence-corrected chi connectivity index (χ0v) is 31.7. The molecule has 0 radical (unpaired) electrons. The molecule has 3 nitrogen and oxygen atoms in total. The predicted molar refractivity (Wildman–Crippen MR) is 202 cm³/mol. The van der Waals surface area contributed by atoms with Crippen LogP contribution in [0.4, 0.5) is 0 Å². The number of allylic oxidation sites excluding steroid dienone is 4. The van der Waals surface area contributed by atoms with Gasteiger partial charge < -0.3 is 14.5 Å². The molecule has 1 heterocycles. The van der Waals surface area contributed by atoms with Crippen molar-refractivity contribution in [3.05, 3.63) is 24.3 Å². The zero-order chi connectivity index (χ0) is 32.8. The average molecular weight is 650 g/mol. The molecule has 3 heteroatoms. The quantitative estimate of drug-likeness (QED) is 0.183. The number of hydrogen-bond donors (Lipinski definition) is 0. The molecule has 5 aliphatic carbocycles. The fourth-order valence-electron chi connectivity index (χ4n) is 11.5. The van der Waals surface area contributed by atoms with Gasteiger partial charge in [-0.2, -0.15) is 0 Å². The number of nitrogens with zero attached hydrogens (tertiary/aromatic N) is 2. The molecule has 1 saturated heterocycles. The van der Waals surface area contributed by atoms with E-state index in [1.54, 1.807) is 0 Å². The summed E-state index contributed by atoms with van der Waals surface area (Å²) in [5, 5.41) is 0. The normalized spacial score (nSPS) is 44.4. The maximum absolute atomic E-state index is 5.84. The lowest BCUT2D eigenvalue weighted by Gasteiger charge is -2.45. The maximum atomic E-state index is 5.84. The molecule has 6 aliphatic rings. The Labute approximate surface area is 292 Å². The lowest BCUT2D eigenvalue weighted by molar-refractivity contribution is -0.247. The highest BCUT2D eigenvalue weighted by molar-refractivity contribution is 5.01. The maximum Gasteiger partial charge on any atom is 0.158 e. The molecular weight excluding hydrogens is 572 g/mol. The van der Waals surface area contributed by atoms with Gasteiger partial charge in [0.1, 0.15) is 0 Å². The Hall–Kier alpha value is -0.640. The van der Waals surface area contributed by atoms with Gasteiger partial charge in [-0.1, -0.05) is 44.1 Å². The Morgan fingerprint density at radius 3 is 1.09 bits per heavy atom. The summed E-state index contributed by atoms with van der Waals surface area (Å²) in [5.74, 6) is 7.98. The molecule has 1 N–H and O–H groups in total. The summed E-state index contributed by atoms with van der Waals surface area (Å²) in [7, 11) is 9.18. The third kappa shape index (κ3) is 10.2. The van der Waals surface area contributed by atoms with E-state index in [1.165, 1.54) is 141 Å². The van der Waals surface area contributed by atoms with Crippen LogP contribution in [0.2, 0.25) is 0 Å². The van der Waals surface area contributed by atoms with E-state index >= 15 is 0 Å². The van der Waals surface area contributed by atoms with Crippen LogP contribution in [-0.4, -0.2) is 67.0 Å². The van der Waals surface area contributed by atoms with E-state index < -0.39 is 0 Å². The molecule has 6 rings (SSSR count). The second-order valence-corrected chi connectivity index (χ2v) is 18.7. The molecule has 0 aromatic rings. The summed E-state index contributed by atoms with van der Waals surface area (Å²) in [6.07, 6.45) is 43.3. The summed E-state index contributed by atoms with van der Waals surface area (Å²) in [5.41, 5.74) is 0. The summed E-state index contributed by atoms with van der Waals surface area (Å²) in [6, 6.07) is 1.62. The van der Waals surface area contributed by atoms with Crippen molar-refractivity contribution in [3.8, 4) is 0 Å². The summed E-state index contributed by atoms with van der Waals surface area (Å²) in [6.45, 7) is 2.44. The topological polar surface area (TPSA) is 19.3 Å². The fraction of sp³-hybridized carbons (Fsp3) is 0.909.